The van der Waals surface area contributed by atoms with E-state index >= 15 is 0 Å². The quantitative estimate of drug-likeness (QED) is 0.383. The molecule has 1 aliphatic heterocycles. The van der Waals surface area contributed by atoms with Crippen LogP contribution in [0.2, 0.25) is 0 Å². The van der Waals surface area contributed by atoms with Gasteiger partial charge in [-0.15, -0.1) is 0 Å². The lowest BCUT2D eigenvalue weighted by Gasteiger charge is -2.64. The highest BCUT2D eigenvalue weighted by molar-refractivity contribution is 6.47. The number of rotatable bonds is 7. The predicted molar refractivity (Wildman–Crippen MR) is 125 cm³/mol. The fourth-order valence-electron chi connectivity index (χ4n) is 6.11. The molecule has 0 aromatic heterocycles. The number of carbonyl (C=O) groups excluding carboxylic acids is 2. The van der Waals surface area contributed by atoms with Crippen LogP contribution in [0.1, 0.15) is 70.3 Å². The predicted octanol–water partition coefficient (Wildman–Crippen LogP) is 3.58. The van der Waals surface area contributed by atoms with E-state index < -0.39 is 24.6 Å². The summed E-state index contributed by atoms with van der Waals surface area (Å²) in [7, 11) is 0.956. The highest BCUT2D eigenvalue weighted by Crippen LogP contribution is 2.65. The summed E-state index contributed by atoms with van der Waals surface area (Å²) >= 11 is 0. The van der Waals surface area contributed by atoms with Crippen molar-refractivity contribution >= 4 is 19.5 Å². The highest BCUT2D eigenvalue weighted by Gasteiger charge is 2.68. The topological polar surface area (TPSA) is 83.1 Å². The largest absolute Gasteiger partial charge is 0.496 e. The van der Waals surface area contributed by atoms with Crippen LogP contribution in [0.5, 0.6) is 5.75 Å². The summed E-state index contributed by atoms with van der Waals surface area (Å²) in [6.45, 7) is 12.3. The van der Waals surface area contributed by atoms with Crippen LogP contribution < -0.4 is 10.1 Å². The normalized spacial score (nSPS) is 30.6. The molecular formula is C25H36BNO6. The van der Waals surface area contributed by atoms with E-state index in [4.69, 9.17) is 18.8 Å². The van der Waals surface area contributed by atoms with Crippen molar-refractivity contribution < 1.29 is 28.4 Å². The number of methoxy groups -OCH3 is 1. The second kappa shape index (κ2) is 8.31. The van der Waals surface area contributed by atoms with Crippen LogP contribution in [0.4, 0.5) is 0 Å². The lowest BCUT2D eigenvalue weighted by molar-refractivity contribution is -0.199. The first-order valence-corrected chi connectivity index (χ1v) is 11.8. The van der Waals surface area contributed by atoms with Gasteiger partial charge >= 0.3 is 13.1 Å². The Morgan fingerprint density at radius 3 is 2.64 bits per heavy atom. The number of esters is 1. The average molecular weight is 457 g/mol. The minimum Gasteiger partial charge on any atom is -0.496 e. The monoisotopic (exact) mass is 457 g/mol. The van der Waals surface area contributed by atoms with E-state index in [0.717, 1.165) is 18.4 Å². The summed E-state index contributed by atoms with van der Waals surface area (Å²) in [5, 5.41) is 2.89. The standard InChI is InChI=1S/C25H36BNO6/c1-23(2,3)31-22(29)17-10-8-9-15(21(17)30-7)11-20(27-14-28)26-32-19-13-16-12-18(24(16,4)5)25(19,6)33-26/h8-10,14,16,18-20H,11-13H2,1-7H3,(H,27,28)/t16?,18?,19?,20?,25-/m0/s1. The summed E-state index contributed by atoms with van der Waals surface area (Å²) in [5.41, 5.74) is 0.380. The van der Waals surface area contributed by atoms with Gasteiger partial charge in [0.1, 0.15) is 16.9 Å². The van der Waals surface area contributed by atoms with Crippen molar-refractivity contribution in [3.8, 4) is 5.75 Å². The van der Waals surface area contributed by atoms with Gasteiger partial charge in [-0.1, -0.05) is 26.0 Å². The van der Waals surface area contributed by atoms with Crippen molar-refractivity contribution in [2.45, 2.75) is 84.1 Å². The van der Waals surface area contributed by atoms with Gasteiger partial charge in [0.2, 0.25) is 6.41 Å². The molecule has 0 radical (unpaired) electrons. The molecule has 1 saturated heterocycles. The molecule has 33 heavy (non-hydrogen) atoms. The molecule has 5 rings (SSSR count). The van der Waals surface area contributed by atoms with Crippen molar-refractivity contribution in [3.63, 3.8) is 0 Å². The van der Waals surface area contributed by atoms with Crippen LogP contribution in [-0.2, 0) is 25.3 Å². The third-order valence-electron chi connectivity index (χ3n) is 7.94. The van der Waals surface area contributed by atoms with Gasteiger partial charge in [-0.3, -0.25) is 4.79 Å². The number of amides is 1. The summed E-state index contributed by atoms with van der Waals surface area (Å²) in [5.74, 6) is 0.643. The molecule has 0 spiro atoms. The van der Waals surface area contributed by atoms with Gasteiger partial charge in [0.05, 0.1) is 24.8 Å². The molecule has 1 N–H and O–H groups in total. The molecule has 5 atom stereocenters. The van der Waals surface area contributed by atoms with Crippen LogP contribution in [0.15, 0.2) is 18.2 Å². The Labute approximate surface area is 197 Å². The average Bonchev–Trinajstić information content (AvgIpc) is 3.08. The van der Waals surface area contributed by atoms with Gasteiger partial charge < -0.3 is 24.1 Å². The van der Waals surface area contributed by atoms with E-state index in [1.54, 1.807) is 12.1 Å². The number of hydrogen-bond donors (Lipinski definition) is 1. The van der Waals surface area contributed by atoms with Gasteiger partial charge in [0.25, 0.3) is 0 Å². The van der Waals surface area contributed by atoms with Gasteiger partial charge in [0, 0.05) is 0 Å². The van der Waals surface area contributed by atoms with Crippen molar-refractivity contribution in [2.75, 3.05) is 7.11 Å². The van der Waals surface area contributed by atoms with Gasteiger partial charge in [-0.05, 0) is 75.8 Å². The maximum Gasteiger partial charge on any atom is 0.482 e. The van der Waals surface area contributed by atoms with Crippen molar-refractivity contribution in [1.82, 2.24) is 5.32 Å². The van der Waals surface area contributed by atoms with E-state index in [-0.39, 0.29) is 17.1 Å². The van der Waals surface area contributed by atoms with E-state index in [9.17, 15) is 9.59 Å². The van der Waals surface area contributed by atoms with Gasteiger partial charge in [-0.2, -0.15) is 0 Å². The van der Waals surface area contributed by atoms with E-state index in [2.05, 4.69) is 26.1 Å². The molecule has 1 aromatic carbocycles. The van der Waals surface area contributed by atoms with Crippen LogP contribution in [0.3, 0.4) is 0 Å². The Bertz CT molecular complexity index is 928. The fraction of sp³-hybridized carbons (Fsp3) is 0.680. The molecule has 4 unspecified atom stereocenters. The molecule has 3 saturated carbocycles. The molecule has 1 heterocycles. The Morgan fingerprint density at radius 1 is 1.30 bits per heavy atom. The van der Waals surface area contributed by atoms with E-state index in [0.29, 0.717) is 36.0 Å². The molecule has 180 valence electrons. The molecule has 3 aliphatic carbocycles. The van der Waals surface area contributed by atoms with Gasteiger partial charge in [-0.25, -0.2) is 4.79 Å². The fourth-order valence-corrected chi connectivity index (χ4v) is 6.11. The zero-order valence-electron chi connectivity index (χ0n) is 20.8. The summed E-state index contributed by atoms with van der Waals surface area (Å²) in [6.07, 6.45) is 3.22. The Morgan fingerprint density at radius 2 is 2.03 bits per heavy atom. The van der Waals surface area contributed by atoms with Crippen LogP contribution in [0.25, 0.3) is 0 Å². The van der Waals surface area contributed by atoms with Crippen LogP contribution in [-0.4, -0.2) is 49.9 Å². The summed E-state index contributed by atoms with van der Waals surface area (Å²) < 4.78 is 24.1. The second-order valence-corrected chi connectivity index (χ2v) is 11.4. The lowest BCUT2D eigenvalue weighted by atomic mass is 9.43. The first-order valence-electron chi connectivity index (χ1n) is 11.8. The van der Waals surface area contributed by atoms with Crippen molar-refractivity contribution in [1.29, 1.82) is 0 Å². The number of carbonyl (C=O) groups is 2. The molecule has 7 nitrogen and oxygen atoms in total. The highest BCUT2D eigenvalue weighted by atomic mass is 16.7. The number of nitrogens with one attached hydrogen (secondary N) is 1. The van der Waals surface area contributed by atoms with Crippen molar-refractivity contribution in [2.24, 2.45) is 17.3 Å². The maximum absolute atomic E-state index is 12.8. The van der Waals surface area contributed by atoms with E-state index in [1.807, 2.05) is 26.8 Å². The summed E-state index contributed by atoms with van der Waals surface area (Å²) in [4.78, 5) is 24.2. The lowest BCUT2D eigenvalue weighted by Crippen LogP contribution is -2.65. The number of para-hydroxylation sites is 1. The van der Waals surface area contributed by atoms with Gasteiger partial charge in [0.15, 0.2) is 0 Å². The molecule has 1 amide bonds. The Balaban J connectivity index is 1.57. The zero-order valence-corrected chi connectivity index (χ0v) is 20.8. The number of hydrogen-bond acceptors (Lipinski definition) is 6. The Hall–Kier alpha value is -2.06. The van der Waals surface area contributed by atoms with Crippen molar-refractivity contribution in [3.05, 3.63) is 29.3 Å². The third-order valence-corrected chi connectivity index (χ3v) is 7.94. The zero-order chi connectivity index (χ0) is 24.2. The molecule has 2 bridgehead atoms. The molecule has 1 aromatic rings. The summed E-state index contributed by atoms with van der Waals surface area (Å²) in [6, 6.07) is 5.37. The SMILES string of the molecule is COc1c(CC(NC=O)B2OC3CC4CC(C4(C)C)[C@]3(C)O2)cccc1C(=O)OC(C)(C)C. The molecular weight excluding hydrogens is 421 g/mol. The Kier molecular flexibility index (Phi) is 6.06. The van der Waals surface area contributed by atoms with Crippen LogP contribution in [0, 0.1) is 17.3 Å². The first-order chi connectivity index (χ1) is 15.4. The number of ether oxygens (including phenoxy) is 2. The minimum absolute atomic E-state index is 0.0187. The second-order valence-electron chi connectivity index (χ2n) is 11.4. The molecule has 4 aliphatic rings. The smallest absolute Gasteiger partial charge is 0.482 e. The maximum atomic E-state index is 12.8. The molecule has 4 fully saturated rings. The first kappa shape index (κ1) is 24.1. The molecule has 8 heteroatoms. The number of benzene rings is 1. The van der Waals surface area contributed by atoms with E-state index in [1.165, 1.54) is 7.11 Å². The van der Waals surface area contributed by atoms with Crippen LogP contribution >= 0.6 is 0 Å². The third kappa shape index (κ3) is 4.16. The minimum atomic E-state index is -0.620.